The number of aromatic amines is 1. The first-order valence-electron chi connectivity index (χ1n) is 8.29. The number of rotatable bonds is 7. The first-order chi connectivity index (χ1) is 12.5. The fourth-order valence-electron chi connectivity index (χ4n) is 2.65. The van der Waals surface area contributed by atoms with Crippen molar-refractivity contribution in [2.75, 3.05) is 6.54 Å². The van der Waals surface area contributed by atoms with E-state index in [4.69, 9.17) is 12.2 Å². The highest BCUT2D eigenvalue weighted by Gasteiger charge is 2.10. The molecule has 2 N–H and O–H groups in total. The van der Waals surface area contributed by atoms with Gasteiger partial charge in [-0.15, -0.1) is 5.10 Å². The van der Waals surface area contributed by atoms with Gasteiger partial charge in [0.25, 0.3) is 0 Å². The van der Waals surface area contributed by atoms with Crippen LogP contribution in [0.25, 0.3) is 5.69 Å². The molecule has 2 heterocycles. The van der Waals surface area contributed by atoms with Gasteiger partial charge in [-0.05, 0) is 54.2 Å². The standard InChI is InChI=1S/C16H20N8OS/c1-11(2)24-14(19-20-16(24)26)7-8-17-15(25)9-12-3-5-13(6-4-12)23-10-18-21-22-23/h3-6,10-11H,7-9H2,1-2H3,(H,17,25)(H,20,26). The molecule has 0 radical (unpaired) electrons. The molecule has 0 saturated heterocycles. The van der Waals surface area contributed by atoms with Crippen LogP contribution in [0.5, 0.6) is 0 Å². The van der Waals surface area contributed by atoms with Crippen molar-refractivity contribution >= 4 is 18.1 Å². The van der Waals surface area contributed by atoms with Gasteiger partial charge in [-0.25, -0.2) is 4.68 Å². The van der Waals surface area contributed by atoms with E-state index < -0.39 is 0 Å². The van der Waals surface area contributed by atoms with Gasteiger partial charge < -0.3 is 9.88 Å². The topological polar surface area (TPSA) is 106 Å². The highest BCUT2D eigenvalue weighted by molar-refractivity contribution is 7.71. The van der Waals surface area contributed by atoms with Gasteiger partial charge in [0.05, 0.1) is 12.1 Å². The molecule has 0 fully saturated rings. The number of nitrogens with one attached hydrogen (secondary N) is 2. The minimum Gasteiger partial charge on any atom is -0.355 e. The Balaban J connectivity index is 1.51. The van der Waals surface area contributed by atoms with Crippen LogP contribution in [-0.4, -0.2) is 47.4 Å². The molecule has 0 aliphatic carbocycles. The average molecular weight is 372 g/mol. The van der Waals surface area contributed by atoms with Crippen LogP contribution in [0.1, 0.15) is 31.3 Å². The highest BCUT2D eigenvalue weighted by Crippen LogP contribution is 2.10. The van der Waals surface area contributed by atoms with Crippen LogP contribution in [-0.2, 0) is 17.6 Å². The summed E-state index contributed by atoms with van der Waals surface area (Å²) in [5.41, 5.74) is 1.76. The van der Waals surface area contributed by atoms with Gasteiger partial charge in [0.1, 0.15) is 12.2 Å². The maximum absolute atomic E-state index is 12.1. The normalized spacial score (nSPS) is 11.0. The first-order valence-corrected chi connectivity index (χ1v) is 8.70. The zero-order chi connectivity index (χ0) is 18.5. The molecule has 0 aliphatic rings. The number of carbonyl (C=O) groups excluding carboxylic acids is 1. The van der Waals surface area contributed by atoms with Crippen LogP contribution in [0, 0.1) is 4.77 Å². The molecule has 9 nitrogen and oxygen atoms in total. The third-order valence-corrected chi connectivity index (χ3v) is 4.17. The minimum absolute atomic E-state index is 0.0367. The van der Waals surface area contributed by atoms with E-state index >= 15 is 0 Å². The van der Waals surface area contributed by atoms with Crippen molar-refractivity contribution in [3.8, 4) is 5.69 Å². The maximum Gasteiger partial charge on any atom is 0.224 e. The third-order valence-electron chi connectivity index (χ3n) is 3.88. The highest BCUT2D eigenvalue weighted by atomic mass is 32.1. The second-order valence-electron chi connectivity index (χ2n) is 6.11. The largest absolute Gasteiger partial charge is 0.355 e. The van der Waals surface area contributed by atoms with Crippen molar-refractivity contribution in [3.63, 3.8) is 0 Å². The Morgan fingerprint density at radius 2 is 2.08 bits per heavy atom. The van der Waals surface area contributed by atoms with Crippen molar-refractivity contribution in [3.05, 3.63) is 46.8 Å². The summed E-state index contributed by atoms with van der Waals surface area (Å²) >= 11 is 5.22. The minimum atomic E-state index is -0.0367. The van der Waals surface area contributed by atoms with E-state index in [1.54, 1.807) is 4.68 Å². The summed E-state index contributed by atoms with van der Waals surface area (Å²) in [6.07, 6.45) is 2.46. The quantitative estimate of drug-likeness (QED) is 0.607. The van der Waals surface area contributed by atoms with Gasteiger partial charge in [0.15, 0.2) is 4.77 Å². The second kappa shape index (κ2) is 8.00. The fraction of sp³-hybridized carbons (Fsp3) is 0.375. The number of tetrazole rings is 1. The van der Waals surface area contributed by atoms with Gasteiger partial charge in [0, 0.05) is 19.0 Å². The Labute approximate surface area is 155 Å². The van der Waals surface area contributed by atoms with E-state index in [-0.39, 0.29) is 11.9 Å². The number of H-pyrrole nitrogens is 1. The Hall–Kier alpha value is -2.88. The number of amides is 1. The van der Waals surface area contributed by atoms with Gasteiger partial charge in [0.2, 0.25) is 5.91 Å². The lowest BCUT2D eigenvalue weighted by Gasteiger charge is -2.10. The number of carbonyl (C=O) groups is 1. The molecule has 3 aromatic rings. The van der Waals surface area contributed by atoms with Crippen molar-refractivity contribution in [1.29, 1.82) is 0 Å². The molecule has 1 amide bonds. The van der Waals surface area contributed by atoms with E-state index in [9.17, 15) is 4.79 Å². The monoisotopic (exact) mass is 372 g/mol. The third kappa shape index (κ3) is 4.20. The van der Waals surface area contributed by atoms with Crippen LogP contribution in [0.4, 0.5) is 0 Å². The number of nitrogens with zero attached hydrogens (tertiary/aromatic N) is 6. The summed E-state index contributed by atoms with van der Waals surface area (Å²) in [6, 6.07) is 7.75. The van der Waals surface area contributed by atoms with E-state index in [0.29, 0.717) is 24.2 Å². The average Bonchev–Trinajstić information content (AvgIpc) is 3.25. The van der Waals surface area contributed by atoms with E-state index in [1.807, 2.05) is 42.7 Å². The van der Waals surface area contributed by atoms with Crippen molar-refractivity contribution in [2.24, 2.45) is 0 Å². The molecule has 0 spiro atoms. The van der Waals surface area contributed by atoms with E-state index in [1.165, 1.54) is 6.33 Å². The summed E-state index contributed by atoms with van der Waals surface area (Å²) in [4.78, 5) is 12.1. The predicted octanol–water partition coefficient (Wildman–Crippen LogP) is 1.40. The smallest absolute Gasteiger partial charge is 0.224 e. The Bertz CT molecular complexity index is 911. The summed E-state index contributed by atoms with van der Waals surface area (Å²) in [7, 11) is 0. The molecule has 0 bridgehead atoms. The first kappa shape index (κ1) is 17.9. The van der Waals surface area contributed by atoms with Crippen LogP contribution in [0.3, 0.4) is 0 Å². The summed E-state index contributed by atoms with van der Waals surface area (Å²) < 4.78 is 4.12. The summed E-state index contributed by atoms with van der Waals surface area (Å²) in [5, 5.41) is 21.0. The van der Waals surface area contributed by atoms with Crippen LogP contribution in [0.2, 0.25) is 0 Å². The van der Waals surface area contributed by atoms with Crippen molar-refractivity contribution in [2.45, 2.75) is 32.7 Å². The predicted molar refractivity (Wildman–Crippen MR) is 97.4 cm³/mol. The zero-order valence-electron chi connectivity index (χ0n) is 14.6. The molecule has 1 aromatic carbocycles. The molecular formula is C16H20N8OS. The van der Waals surface area contributed by atoms with Gasteiger partial charge >= 0.3 is 0 Å². The van der Waals surface area contributed by atoms with Crippen molar-refractivity contribution < 1.29 is 4.79 Å². The zero-order valence-corrected chi connectivity index (χ0v) is 15.4. The maximum atomic E-state index is 12.1. The van der Waals surface area contributed by atoms with Gasteiger partial charge in [-0.1, -0.05) is 12.1 Å². The number of aromatic nitrogens is 7. The number of benzene rings is 1. The molecule has 2 aromatic heterocycles. The van der Waals surface area contributed by atoms with Crippen LogP contribution < -0.4 is 5.32 Å². The molecule has 0 aliphatic heterocycles. The molecular weight excluding hydrogens is 352 g/mol. The summed E-state index contributed by atoms with van der Waals surface area (Å²) in [5.74, 6) is 0.807. The van der Waals surface area contributed by atoms with E-state index in [0.717, 1.165) is 17.1 Å². The second-order valence-corrected chi connectivity index (χ2v) is 6.49. The number of hydrogen-bond donors (Lipinski definition) is 2. The molecule has 3 rings (SSSR count). The lowest BCUT2D eigenvalue weighted by Crippen LogP contribution is -2.28. The molecule has 10 heteroatoms. The van der Waals surface area contributed by atoms with Gasteiger partial charge in [-0.2, -0.15) is 5.10 Å². The molecule has 0 unspecified atom stereocenters. The van der Waals surface area contributed by atoms with Crippen molar-refractivity contribution in [1.82, 2.24) is 40.3 Å². The Morgan fingerprint density at radius 3 is 2.73 bits per heavy atom. The Morgan fingerprint density at radius 1 is 1.31 bits per heavy atom. The molecule has 0 atom stereocenters. The fourth-order valence-corrected chi connectivity index (χ4v) is 3.02. The van der Waals surface area contributed by atoms with Crippen LogP contribution >= 0.6 is 12.2 Å². The molecule has 26 heavy (non-hydrogen) atoms. The number of hydrogen-bond acceptors (Lipinski definition) is 6. The van der Waals surface area contributed by atoms with Gasteiger partial charge in [-0.3, -0.25) is 9.89 Å². The van der Waals surface area contributed by atoms with E-state index in [2.05, 4.69) is 31.0 Å². The lowest BCUT2D eigenvalue weighted by molar-refractivity contribution is -0.120. The lowest BCUT2D eigenvalue weighted by atomic mass is 10.1. The summed E-state index contributed by atoms with van der Waals surface area (Å²) in [6.45, 7) is 4.60. The molecule has 136 valence electrons. The molecule has 0 saturated carbocycles. The van der Waals surface area contributed by atoms with Crippen LogP contribution in [0.15, 0.2) is 30.6 Å². The SMILES string of the molecule is CC(C)n1c(CCNC(=O)Cc2ccc(-n3cnnn3)cc2)n[nH]c1=S. The Kier molecular flexibility index (Phi) is 5.52.